The third kappa shape index (κ3) is 5.68. The monoisotopic (exact) mass is 315 g/mol. The number of carboxylic acid groups (broad SMARTS) is 1. The smallest absolute Gasteiger partial charge is 0.328 e. The summed E-state index contributed by atoms with van der Waals surface area (Å²) in [6, 6.07) is 0. The Labute approximate surface area is 132 Å². The van der Waals surface area contributed by atoms with Gasteiger partial charge in [0.05, 0.1) is 12.2 Å². The second-order valence-corrected chi connectivity index (χ2v) is 7.24. The van der Waals surface area contributed by atoms with E-state index in [9.17, 15) is 15.1 Å². The van der Waals surface area contributed by atoms with Gasteiger partial charge in [-0.25, -0.2) is 4.79 Å². The van der Waals surface area contributed by atoms with Crippen molar-refractivity contribution in [1.82, 2.24) is 5.06 Å². The molecule has 3 N–H and O–H groups in total. The van der Waals surface area contributed by atoms with E-state index in [-0.39, 0.29) is 17.2 Å². The number of aliphatic hydroxyl groups is 1. The first-order chi connectivity index (χ1) is 10.0. The highest BCUT2D eigenvalue weighted by Gasteiger charge is 2.45. The number of aliphatic carboxylic acids is 1. The molecule has 1 saturated heterocycles. The number of ether oxygens (including phenoxy) is 1. The summed E-state index contributed by atoms with van der Waals surface area (Å²) in [5, 5.41) is 29.7. The van der Waals surface area contributed by atoms with Gasteiger partial charge in [0.15, 0.2) is 0 Å². The quantitative estimate of drug-likeness (QED) is 0.493. The Morgan fingerprint density at radius 1 is 1.32 bits per heavy atom. The molecule has 0 amide bonds. The maximum atomic E-state index is 10.3. The highest BCUT2D eigenvalue weighted by atomic mass is 16.5. The van der Waals surface area contributed by atoms with E-state index in [0.29, 0.717) is 19.4 Å². The van der Waals surface area contributed by atoms with Crippen LogP contribution in [0.4, 0.5) is 0 Å². The van der Waals surface area contributed by atoms with E-state index in [1.54, 1.807) is 0 Å². The Balaban J connectivity index is 2.35. The lowest BCUT2D eigenvalue weighted by Crippen LogP contribution is -2.60. The largest absolute Gasteiger partial charge is 0.478 e. The first-order valence-electron chi connectivity index (χ1n) is 7.74. The zero-order chi connectivity index (χ0) is 17.0. The van der Waals surface area contributed by atoms with Gasteiger partial charge in [-0.1, -0.05) is 0 Å². The van der Waals surface area contributed by atoms with E-state index in [1.165, 1.54) is 11.1 Å². The number of rotatable bonds is 7. The second-order valence-electron chi connectivity index (χ2n) is 7.24. The van der Waals surface area contributed by atoms with Crippen LogP contribution in [0, 0.1) is 0 Å². The number of piperidine rings is 1. The Morgan fingerprint density at radius 2 is 1.86 bits per heavy atom. The standard InChI is InChI=1S/C16H29NO5/c1-15(2)10-13(11-16(3,4)17(15)21)22-9-5-6-12(18)7-8-14(19)20/h7-8,12-13,18,21H,5-6,9-11H2,1-4H3,(H,19,20). The molecule has 0 spiro atoms. The summed E-state index contributed by atoms with van der Waals surface area (Å²) >= 11 is 0. The lowest BCUT2D eigenvalue weighted by Gasteiger charge is -2.51. The van der Waals surface area contributed by atoms with Crippen LogP contribution in [0.15, 0.2) is 12.2 Å². The third-order valence-corrected chi connectivity index (χ3v) is 4.06. The molecule has 0 aromatic rings. The first kappa shape index (κ1) is 19.1. The van der Waals surface area contributed by atoms with E-state index in [1.807, 2.05) is 27.7 Å². The molecule has 1 heterocycles. The zero-order valence-corrected chi connectivity index (χ0v) is 14.0. The van der Waals surface area contributed by atoms with Crippen LogP contribution < -0.4 is 0 Å². The van der Waals surface area contributed by atoms with E-state index >= 15 is 0 Å². The van der Waals surface area contributed by atoms with Crippen LogP contribution >= 0.6 is 0 Å². The van der Waals surface area contributed by atoms with Crippen LogP contribution in [0.3, 0.4) is 0 Å². The molecule has 22 heavy (non-hydrogen) atoms. The van der Waals surface area contributed by atoms with Gasteiger partial charge < -0.3 is 20.2 Å². The lowest BCUT2D eigenvalue weighted by molar-refractivity contribution is -0.261. The molecule has 1 unspecified atom stereocenters. The normalized spacial score (nSPS) is 23.7. The van der Waals surface area contributed by atoms with Crippen LogP contribution in [-0.2, 0) is 9.53 Å². The summed E-state index contributed by atoms with van der Waals surface area (Å²) in [7, 11) is 0. The summed E-state index contributed by atoms with van der Waals surface area (Å²) in [4.78, 5) is 10.3. The molecule has 0 aromatic heterocycles. The van der Waals surface area contributed by atoms with Crippen molar-refractivity contribution in [3.8, 4) is 0 Å². The van der Waals surface area contributed by atoms with Gasteiger partial charge in [0.1, 0.15) is 0 Å². The van der Waals surface area contributed by atoms with Gasteiger partial charge in [0.25, 0.3) is 0 Å². The number of carbonyl (C=O) groups is 1. The average Bonchev–Trinajstić information content (AvgIpc) is 2.38. The number of carboxylic acids is 1. The molecule has 1 rings (SSSR count). The van der Waals surface area contributed by atoms with Crippen LogP contribution in [0.5, 0.6) is 0 Å². The van der Waals surface area contributed by atoms with Crippen molar-refractivity contribution in [1.29, 1.82) is 0 Å². The van der Waals surface area contributed by atoms with Crippen molar-refractivity contribution in [3.63, 3.8) is 0 Å². The SMILES string of the molecule is CC1(C)CC(OCCCC(O)C=CC(=O)O)CC(C)(C)N1O. The van der Waals surface area contributed by atoms with Crippen LogP contribution in [0.2, 0.25) is 0 Å². The summed E-state index contributed by atoms with van der Waals surface area (Å²) < 4.78 is 5.89. The van der Waals surface area contributed by atoms with Gasteiger partial charge in [-0.3, -0.25) is 0 Å². The molecular weight excluding hydrogens is 286 g/mol. The Kier molecular flexibility index (Phi) is 6.55. The molecule has 0 aromatic carbocycles. The number of hydrogen-bond acceptors (Lipinski definition) is 5. The van der Waals surface area contributed by atoms with Crippen LogP contribution in [-0.4, -0.2) is 56.3 Å². The topological polar surface area (TPSA) is 90.2 Å². The van der Waals surface area contributed by atoms with E-state index in [0.717, 1.165) is 18.9 Å². The maximum Gasteiger partial charge on any atom is 0.328 e. The highest BCUT2D eigenvalue weighted by molar-refractivity contribution is 5.79. The van der Waals surface area contributed by atoms with E-state index in [2.05, 4.69) is 0 Å². The minimum absolute atomic E-state index is 0.0695. The molecule has 128 valence electrons. The van der Waals surface area contributed by atoms with Crippen molar-refractivity contribution >= 4 is 5.97 Å². The van der Waals surface area contributed by atoms with Crippen molar-refractivity contribution < 1.29 is 25.0 Å². The maximum absolute atomic E-state index is 10.3. The third-order valence-electron chi connectivity index (χ3n) is 4.06. The molecule has 1 aliphatic rings. The minimum Gasteiger partial charge on any atom is -0.478 e. The summed E-state index contributed by atoms with van der Waals surface area (Å²) in [6.45, 7) is 8.48. The van der Waals surface area contributed by atoms with Crippen LogP contribution in [0.1, 0.15) is 53.4 Å². The van der Waals surface area contributed by atoms with Crippen molar-refractivity contribution in [2.24, 2.45) is 0 Å². The van der Waals surface area contributed by atoms with Gasteiger partial charge in [0, 0.05) is 23.8 Å². The van der Waals surface area contributed by atoms with Crippen molar-refractivity contribution in [3.05, 3.63) is 12.2 Å². The molecule has 1 atom stereocenters. The Hall–Kier alpha value is -0.950. The molecule has 1 fully saturated rings. The summed E-state index contributed by atoms with van der Waals surface area (Å²) in [5.74, 6) is -1.06. The summed E-state index contributed by atoms with van der Waals surface area (Å²) in [5.41, 5.74) is -0.674. The first-order valence-corrected chi connectivity index (χ1v) is 7.74. The van der Waals surface area contributed by atoms with Crippen LogP contribution in [0.25, 0.3) is 0 Å². The Morgan fingerprint density at radius 3 is 2.36 bits per heavy atom. The predicted molar refractivity (Wildman–Crippen MR) is 82.8 cm³/mol. The molecule has 0 radical (unpaired) electrons. The van der Waals surface area contributed by atoms with Gasteiger partial charge >= 0.3 is 5.97 Å². The molecule has 0 aliphatic carbocycles. The minimum atomic E-state index is -1.06. The molecule has 6 heteroatoms. The molecule has 1 aliphatic heterocycles. The lowest BCUT2D eigenvalue weighted by atomic mass is 9.80. The molecule has 6 nitrogen and oxygen atoms in total. The number of hydroxylamine groups is 2. The Bertz CT molecular complexity index is 387. The predicted octanol–water partition coefficient (Wildman–Crippen LogP) is 2.20. The zero-order valence-electron chi connectivity index (χ0n) is 14.0. The fourth-order valence-corrected chi connectivity index (χ4v) is 3.13. The number of nitrogens with zero attached hydrogens (tertiary/aromatic N) is 1. The highest BCUT2D eigenvalue weighted by Crippen LogP contribution is 2.37. The summed E-state index contributed by atoms with van der Waals surface area (Å²) in [6.07, 6.45) is 4.16. The molecule has 0 bridgehead atoms. The van der Waals surface area contributed by atoms with Gasteiger partial charge in [-0.2, -0.15) is 5.06 Å². The number of aliphatic hydroxyl groups excluding tert-OH is 1. The van der Waals surface area contributed by atoms with Gasteiger partial charge in [-0.05, 0) is 59.5 Å². The van der Waals surface area contributed by atoms with Gasteiger partial charge in [-0.15, -0.1) is 0 Å². The second kappa shape index (κ2) is 7.55. The fourth-order valence-electron chi connectivity index (χ4n) is 3.13. The van der Waals surface area contributed by atoms with Crippen molar-refractivity contribution in [2.75, 3.05) is 6.61 Å². The van der Waals surface area contributed by atoms with E-state index < -0.39 is 12.1 Å². The van der Waals surface area contributed by atoms with Gasteiger partial charge in [0.2, 0.25) is 0 Å². The molecular formula is C16H29NO5. The average molecular weight is 315 g/mol. The van der Waals surface area contributed by atoms with Crippen molar-refractivity contribution in [2.45, 2.75) is 76.7 Å². The van der Waals surface area contributed by atoms with E-state index in [4.69, 9.17) is 9.84 Å². The number of hydrogen-bond donors (Lipinski definition) is 3. The fraction of sp³-hybridized carbons (Fsp3) is 0.812. The molecule has 0 saturated carbocycles.